The highest BCUT2D eigenvalue weighted by Gasteiger charge is 2.28. The normalized spacial score (nSPS) is 10.6. The quantitative estimate of drug-likeness (QED) is 0.106. The van der Waals surface area contributed by atoms with E-state index in [2.05, 4.69) is 0 Å². The van der Waals surface area contributed by atoms with Gasteiger partial charge >= 0.3 is 0 Å². The van der Waals surface area contributed by atoms with E-state index in [1.54, 1.807) is 24.3 Å². The molecular weight excluding hydrogens is 540 g/mol. The molecule has 0 aliphatic heterocycles. The number of methoxy groups -OCH3 is 1. The summed E-state index contributed by atoms with van der Waals surface area (Å²) in [7, 11) is 1.45. The number of aryl methyl sites for hydroxylation is 1. The molecule has 0 amide bonds. The van der Waals surface area contributed by atoms with Gasteiger partial charge in [-0.25, -0.2) is 0 Å². The van der Waals surface area contributed by atoms with Crippen LogP contribution in [0.5, 0.6) is 23.0 Å². The molecule has 5 aromatic carbocycles. The Morgan fingerprint density at radius 1 is 0.605 bits per heavy atom. The number of carbonyl (C=O) groups excluding carboxylic acids is 2. The summed E-state index contributed by atoms with van der Waals surface area (Å²) in [6.07, 6.45) is 0.633. The van der Waals surface area contributed by atoms with E-state index in [9.17, 15) is 9.59 Å². The molecule has 0 saturated carbocycles. The summed E-state index contributed by atoms with van der Waals surface area (Å²) in [4.78, 5) is 26.8. The number of ketones is 1. The van der Waals surface area contributed by atoms with E-state index in [0.717, 1.165) is 22.3 Å². The third-order valence-electron chi connectivity index (χ3n) is 6.84. The summed E-state index contributed by atoms with van der Waals surface area (Å²) in [6, 6.07) is 35.8. The maximum Gasteiger partial charge on any atom is 0.204 e. The summed E-state index contributed by atoms with van der Waals surface area (Å²) >= 11 is 0. The minimum atomic E-state index is -0.459. The van der Waals surface area contributed by atoms with Crippen molar-refractivity contribution in [3.63, 3.8) is 0 Å². The van der Waals surface area contributed by atoms with Gasteiger partial charge in [0, 0.05) is 11.6 Å². The fourth-order valence-corrected chi connectivity index (χ4v) is 4.70. The molecule has 0 aliphatic carbocycles. The Morgan fingerprint density at radius 3 is 1.51 bits per heavy atom. The van der Waals surface area contributed by atoms with Crippen LogP contribution in [0.3, 0.4) is 0 Å². The molecule has 6 nitrogen and oxygen atoms in total. The van der Waals surface area contributed by atoms with Crippen molar-refractivity contribution in [3.05, 3.63) is 154 Å². The molecule has 216 valence electrons. The van der Waals surface area contributed by atoms with Gasteiger partial charge in [-0.05, 0) is 47.4 Å². The van der Waals surface area contributed by atoms with Gasteiger partial charge < -0.3 is 18.9 Å². The van der Waals surface area contributed by atoms with Gasteiger partial charge in [0.25, 0.3) is 0 Å². The van der Waals surface area contributed by atoms with E-state index in [-0.39, 0.29) is 35.7 Å². The van der Waals surface area contributed by atoms with E-state index >= 15 is 0 Å². The molecule has 0 spiro atoms. The molecule has 0 unspecified atom stereocenters. The van der Waals surface area contributed by atoms with Gasteiger partial charge in [-0.3, -0.25) is 9.59 Å². The largest absolute Gasteiger partial charge is 0.496 e. The monoisotopic (exact) mass is 572 g/mol. The van der Waals surface area contributed by atoms with Crippen LogP contribution in [0.15, 0.2) is 115 Å². The van der Waals surface area contributed by atoms with Crippen molar-refractivity contribution in [1.82, 2.24) is 0 Å². The number of hydrogen-bond acceptors (Lipinski definition) is 6. The molecule has 0 bridgehead atoms. The molecule has 0 radical (unpaired) electrons. The van der Waals surface area contributed by atoms with Crippen molar-refractivity contribution in [2.45, 2.75) is 26.7 Å². The average Bonchev–Trinajstić information content (AvgIpc) is 3.05. The third kappa shape index (κ3) is 7.29. The van der Waals surface area contributed by atoms with Crippen LogP contribution in [0.4, 0.5) is 0 Å². The standard InChI is InChI=1S/C37H32O6/c1-26-18-33(42-24-28-14-8-4-9-15-28)36(34(19-26)43-25-29-16-10-5-11-17-29)37(39)35-30(22-38)20-31(21-32(35)40-2)41-23-27-12-6-3-7-13-27/h3-22H,23-25H2,1-2H3. The molecule has 0 heterocycles. The summed E-state index contributed by atoms with van der Waals surface area (Å²) in [5.74, 6) is 0.853. The number of aldehydes is 1. The lowest BCUT2D eigenvalue weighted by atomic mass is 9.95. The number of benzene rings is 5. The van der Waals surface area contributed by atoms with E-state index in [4.69, 9.17) is 18.9 Å². The average molecular weight is 573 g/mol. The van der Waals surface area contributed by atoms with Crippen LogP contribution in [0.1, 0.15) is 48.5 Å². The molecule has 0 aromatic heterocycles. The molecule has 0 atom stereocenters. The second kappa shape index (κ2) is 14.0. The first kappa shape index (κ1) is 29.1. The molecule has 0 saturated heterocycles. The molecule has 5 rings (SSSR count). The predicted octanol–water partition coefficient (Wildman–Crippen LogP) is 7.78. The van der Waals surface area contributed by atoms with Crippen LogP contribution in [-0.2, 0) is 19.8 Å². The maximum atomic E-state index is 14.4. The predicted molar refractivity (Wildman–Crippen MR) is 165 cm³/mol. The van der Waals surface area contributed by atoms with Gasteiger partial charge in [-0.1, -0.05) is 91.0 Å². The Morgan fingerprint density at radius 2 is 1.07 bits per heavy atom. The Kier molecular flexibility index (Phi) is 9.49. The zero-order valence-corrected chi connectivity index (χ0v) is 24.1. The van der Waals surface area contributed by atoms with Gasteiger partial charge in [0.1, 0.15) is 48.4 Å². The summed E-state index contributed by atoms with van der Waals surface area (Å²) < 4.78 is 24.1. The smallest absolute Gasteiger partial charge is 0.204 e. The van der Waals surface area contributed by atoms with Crippen LogP contribution in [0, 0.1) is 6.92 Å². The fourth-order valence-electron chi connectivity index (χ4n) is 4.70. The van der Waals surface area contributed by atoms with Gasteiger partial charge in [-0.15, -0.1) is 0 Å². The van der Waals surface area contributed by atoms with Crippen LogP contribution in [-0.4, -0.2) is 19.2 Å². The molecule has 5 aromatic rings. The number of rotatable bonds is 13. The Hall–Kier alpha value is -5.36. The highest BCUT2D eigenvalue weighted by atomic mass is 16.5. The van der Waals surface area contributed by atoms with Crippen molar-refractivity contribution < 1.29 is 28.5 Å². The van der Waals surface area contributed by atoms with Crippen molar-refractivity contribution >= 4 is 12.1 Å². The SMILES string of the molecule is COc1cc(OCc2ccccc2)cc(C=O)c1C(=O)c1c(OCc2ccccc2)cc(C)cc1OCc1ccccc1. The molecular formula is C37H32O6. The zero-order chi connectivity index (χ0) is 30.0. The molecule has 6 heteroatoms. The van der Waals surface area contributed by atoms with Crippen LogP contribution in [0.2, 0.25) is 0 Å². The minimum Gasteiger partial charge on any atom is -0.496 e. The Labute approximate surface area is 251 Å². The van der Waals surface area contributed by atoms with Crippen LogP contribution < -0.4 is 18.9 Å². The number of ether oxygens (including phenoxy) is 4. The Bertz CT molecular complexity index is 1620. The molecule has 43 heavy (non-hydrogen) atoms. The van der Waals surface area contributed by atoms with Crippen molar-refractivity contribution in [2.24, 2.45) is 0 Å². The minimum absolute atomic E-state index is 0.0996. The van der Waals surface area contributed by atoms with Gasteiger partial charge in [0.15, 0.2) is 6.29 Å². The highest BCUT2D eigenvalue weighted by Crippen LogP contribution is 2.38. The summed E-state index contributed by atoms with van der Waals surface area (Å²) in [5.41, 5.74) is 4.15. The van der Waals surface area contributed by atoms with Crippen molar-refractivity contribution in [2.75, 3.05) is 7.11 Å². The van der Waals surface area contributed by atoms with E-state index in [0.29, 0.717) is 30.1 Å². The number of hydrogen-bond donors (Lipinski definition) is 0. The van der Waals surface area contributed by atoms with Crippen LogP contribution >= 0.6 is 0 Å². The second-order valence-electron chi connectivity index (χ2n) is 10.00. The van der Waals surface area contributed by atoms with Crippen LogP contribution in [0.25, 0.3) is 0 Å². The molecule has 0 N–H and O–H groups in total. The van der Waals surface area contributed by atoms with Gasteiger partial charge in [0.2, 0.25) is 5.78 Å². The number of carbonyl (C=O) groups is 2. The van der Waals surface area contributed by atoms with E-state index in [1.807, 2.05) is 97.9 Å². The molecule has 0 aliphatic rings. The van der Waals surface area contributed by atoms with Crippen molar-refractivity contribution in [1.29, 1.82) is 0 Å². The van der Waals surface area contributed by atoms with Gasteiger partial charge in [0.05, 0.1) is 12.7 Å². The van der Waals surface area contributed by atoms with Gasteiger partial charge in [-0.2, -0.15) is 0 Å². The lowest BCUT2D eigenvalue weighted by molar-refractivity contribution is 0.101. The zero-order valence-electron chi connectivity index (χ0n) is 24.1. The lowest BCUT2D eigenvalue weighted by Gasteiger charge is -2.19. The summed E-state index contributed by atoms with van der Waals surface area (Å²) in [6.45, 7) is 2.69. The van der Waals surface area contributed by atoms with E-state index < -0.39 is 5.78 Å². The first-order valence-corrected chi connectivity index (χ1v) is 13.9. The van der Waals surface area contributed by atoms with Crippen molar-refractivity contribution in [3.8, 4) is 23.0 Å². The fraction of sp³-hybridized carbons (Fsp3) is 0.135. The summed E-state index contributed by atoms with van der Waals surface area (Å²) in [5, 5.41) is 0. The lowest BCUT2D eigenvalue weighted by Crippen LogP contribution is -2.13. The van der Waals surface area contributed by atoms with E-state index in [1.165, 1.54) is 7.11 Å². The Balaban J connectivity index is 1.54. The third-order valence-corrected chi connectivity index (χ3v) is 6.84. The first-order chi connectivity index (χ1) is 21.1. The maximum absolute atomic E-state index is 14.4. The highest BCUT2D eigenvalue weighted by molar-refractivity contribution is 6.17. The molecule has 0 fully saturated rings. The topological polar surface area (TPSA) is 71.1 Å². The first-order valence-electron chi connectivity index (χ1n) is 13.9. The second-order valence-corrected chi connectivity index (χ2v) is 10.00.